The van der Waals surface area contributed by atoms with Crippen molar-refractivity contribution in [3.05, 3.63) is 53.1 Å². The molecule has 4 nitrogen and oxygen atoms in total. The maximum atomic E-state index is 12.4. The van der Waals surface area contributed by atoms with E-state index in [0.717, 1.165) is 5.56 Å². The van der Waals surface area contributed by atoms with Gasteiger partial charge in [0.05, 0.1) is 7.11 Å². The van der Waals surface area contributed by atoms with E-state index in [0.29, 0.717) is 5.92 Å². The Kier molecular flexibility index (Phi) is 4.98. The zero-order chi connectivity index (χ0) is 16.3. The minimum absolute atomic E-state index is 0.101. The zero-order valence-electron chi connectivity index (χ0n) is 12.5. The Morgan fingerprint density at radius 2 is 1.68 bits per heavy atom. The van der Waals surface area contributed by atoms with Gasteiger partial charge < -0.3 is 8.92 Å². The molecule has 0 aliphatic heterocycles. The van der Waals surface area contributed by atoms with Gasteiger partial charge >= 0.3 is 10.1 Å². The van der Waals surface area contributed by atoms with Crippen LogP contribution in [0.2, 0.25) is 5.02 Å². The van der Waals surface area contributed by atoms with Gasteiger partial charge in [0.15, 0.2) is 0 Å². The van der Waals surface area contributed by atoms with Crippen molar-refractivity contribution in [1.29, 1.82) is 0 Å². The molecular weight excluding hydrogens is 324 g/mol. The molecule has 0 aliphatic carbocycles. The number of methoxy groups -OCH3 is 1. The molecule has 0 unspecified atom stereocenters. The van der Waals surface area contributed by atoms with Crippen LogP contribution in [-0.4, -0.2) is 15.5 Å². The monoisotopic (exact) mass is 340 g/mol. The molecule has 0 aromatic heterocycles. The van der Waals surface area contributed by atoms with Crippen LogP contribution in [-0.2, 0) is 10.1 Å². The smallest absolute Gasteiger partial charge is 0.342 e. The molecule has 2 aromatic rings. The van der Waals surface area contributed by atoms with Crippen LogP contribution in [0.4, 0.5) is 0 Å². The fraction of sp³-hybridized carbons (Fsp3) is 0.250. The molecule has 0 saturated carbocycles. The molecule has 0 saturated heterocycles. The van der Waals surface area contributed by atoms with Crippen LogP contribution in [0.1, 0.15) is 25.3 Å². The van der Waals surface area contributed by atoms with E-state index < -0.39 is 10.1 Å². The van der Waals surface area contributed by atoms with E-state index >= 15 is 0 Å². The topological polar surface area (TPSA) is 52.6 Å². The quantitative estimate of drug-likeness (QED) is 0.764. The molecule has 0 atom stereocenters. The first-order valence-corrected chi connectivity index (χ1v) is 8.50. The van der Waals surface area contributed by atoms with Crippen LogP contribution in [0.3, 0.4) is 0 Å². The third-order valence-corrected chi connectivity index (χ3v) is 4.65. The Hall–Kier alpha value is -1.72. The van der Waals surface area contributed by atoms with Crippen molar-refractivity contribution in [1.82, 2.24) is 0 Å². The predicted molar refractivity (Wildman–Crippen MR) is 86.3 cm³/mol. The first kappa shape index (κ1) is 16.6. The normalized spacial score (nSPS) is 11.5. The van der Waals surface area contributed by atoms with Crippen molar-refractivity contribution in [2.75, 3.05) is 7.11 Å². The van der Waals surface area contributed by atoms with Gasteiger partial charge in [0.1, 0.15) is 16.4 Å². The zero-order valence-corrected chi connectivity index (χ0v) is 14.1. The summed E-state index contributed by atoms with van der Waals surface area (Å²) in [6.07, 6.45) is 0. The predicted octanol–water partition coefficient (Wildman–Crippen LogP) is 4.24. The lowest BCUT2D eigenvalue weighted by Crippen LogP contribution is -2.11. The number of hydrogen-bond donors (Lipinski definition) is 0. The number of hydrogen-bond acceptors (Lipinski definition) is 4. The van der Waals surface area contributed by atoms with Crippen molar-refractivity contribution in [2.45, 2.75) is 24.7 Å². The molecule has 0 aliphatic rings. The van der Waals surface area contributed by atoms with Crippen LogP contribution in [0, 0.1) is 0 Å². The van der Waals surface area contributed by atoms with Crippen molar-refractivity contribution in [2.24, 2.45) is 0 Å². The largest absolute Gasteiger partial charge is 0.495 e. The first-order valence-electron chi connectivity index (χ1n) is 6.71. The summed E-state index contributed by atoms with van der Waals surface area (Å²) in [4.78, 5) is -0.101. The summed E-state index contributed by atoms with van der Waals surface area (Å²) in [7, 11) is -2.63. The van der Waals surface area contributed by atoms with Crippen LogP contribution in [0.5, 0.6) is 11.5 Å². The van der Waals surface area contributed by atoms with E-state index in [2.05, 4.69) is 13.8 Å². The van der Waals surface area contributed by atoms with Crippen LogP contribution < -0.4 is 8.92 Å². The molecule has 0 N–H and O–H groups in total. The molecular formula is C16H17ClO4S. The van der Waals surface area contributed by atoms with Gasteiger partial charge in [-0.1, -0.05) is 37.6 Å². The Morgan fingerprint density at radius 1 is 1.05 bits per heavy atom. The second-order valence-corrected chi connectivity index (χ2v) is 7.01. The van der Waals surface area contributed by atoms with Crippen LogP contribution in [0.25, 0.3) is 0 Å². The highest BCUT2D eigenvalue weighted by atomic mass is 35.5. The van der Waals surface area contributed by atoms with Gasteiger partial charge in [0.25, 0.3) is 0 Å². The van der Waals surface area contributed by atoms with Gasteiger partial charge in [-0.2, -0.15) is 8.42 Å². The highest BCUT2D eigenvalue weighted by Gasteiger charge is 2.22. The van der Waals surface area contributed by atoms with E-state index in [1.807, 2.05) is 12.1 Å². The molecule has 0 heterocycles. The minimum Gasteiger partial charge on any atom is -0.495 e. The fourth-order valence-corrected chi connectivity index (χ4v) is 3.29. The van der Waals surface area contributed by atoms with E-state index in [1.54, 1.807) is 18.2 Å². The molecule has 6 heteroatoms. The van der Waals surface area contributed by atoms with Crippen LogP contribution >= 0.6 is 11.6 Å². The van der Waals surface area contributed by atoms with Gasteiger partial charge in [-0.05, 0) is 41.8 Å². The summed E-state index contributed by atoms with van der Waals surface area (Å²) < 4.78 is 35.0. The maximum absolute atomic E-state index is 12.4. The summed E-state index contributed by atoms with van der Waals surface area (Å²) in [5, 5.41) is 0.290. The maximum Gasteiger partial charge on any atom is 0.342 e. The second-order valence-electron chi connectivity index (χ2n) is 5.06. The minimum atomic E-state index is -4.02. The van der Waals surface area contributed by atoms with E-state index in [1.165, 1.54) is 19.2 Å². The highest BCUT2D eigenvalue weighted by molar-refractivity contribution is 7.87. The van der Waals surface area contributed by atoms with Gasteiger partial charge in [0.2, 0.25) is 0 Å². The van der Waals surface area contributed by atoms with Gasteiger partial charge in [0, 0.05) is 5.02 Å². The summed E-state index contributed by atoms with van der Waals surface area (Å²) in [5.74, 6) is 0.785. The van der Waals surface area contributed by atoms with Gasteiger partial charge in [-0.3, -0.25) is 0 Å². The Balaban J connectivity index is 2.33. The summed E-state index contributed by atoms with van der Waals surface area (Å²) in [6.45, 7) is 4.12. The van der Waals surface area contributed by atoms with E-state index in [9.17, 15) is 8.42 Å². The third-order valence-electron chi connectivity index (χ3n) is 3.15. The van der Waals surface area contributed by atoms with Gasteiger partial charge in [-0.25, -0.2) is 0 Å². The summed E-state index contributed by atoms with van der Waals surface area (Å²) in [6, 6.07) is 11.3. The van der Waals surface area contributed by atoms with Crippen molar-refractivity contribution in [3.8, 4) is 11.5 Å². The molecule has 0 amide bonds. The molecule has 2 rings (SSSR count). The highest BCUT2D eigenvalue weighted by Crippen LogP contribution is 2.30. The Labute approximate surface area is 135 Å². The van der Waals surface area contributed by atoms with Crippen molar-refractivity contribution < 1.29 is 17.3 Å². The molecule has 0 bridgehead atoms. The molecule has 22 heavy (non-hydrogen) atoms. The van der Waals surface area contributed by atoms with Gasteiger partial charge in [-0.15, -0.1) is 0 Å². The lowest BCUT2D eigenvalue weighted by Gasteiger charge is -2.12. The van der Waals surface area contributed by atoms with Crippen molar-refractivity contribution in [3.63, 3.8) is 0 Å². The standard InChI is InChI=1S/C16H17ClO4S/c1-11(2)12-4-7-14(8-5-12)21-22(18,19)16-10-13(17)6-9-15(16)20-3/h4-11H,1-3H3. The fourth-order valence-electron chi connectivity index (χ4n) is 1.93. The summed E-state index contributed by atoms with van der Waals surface area (Å²) in [5.41, 5.74) is 1.10. The average molecular weight is 341 g/mol. The second kappa shape index (κ2) is 6.58. The van der Waals surface area contributed by atoms with E-state index in [4.69, 9.17) is 20.5 Å². The molecule has 0 spiro atoms. The molecule has 0 fully saturated rings. The lowest BCUT2D eigenvalue weighted by atomic mass is 10.0. The average Bonchev–Trinajstić information content (AvgIpc) is 2.47. The number of ether oxygens (including phenoxy) is 1. The first-order chi connectivity index (χ1) is 10.3. The third kappa shape index (κ3) is 3.72. The molecule has 118 valence electrons. The number of halogens is 1. The van der Waals surface area contributed by atoms with E-state index in [-0.39, 0.29) is 21.4 Å². The molecule has 0 radical (unpaired) electrons. The Morgan fingerprint density at radius 3 is 2.23 bits per heavy atom. The number of rotatable bonds is 5. The SMILES string of the molecule is COc1ccc(Cl)cc1S(=O)(=O)Oc1ccc(C(C)C)cc1. The summed E-state index contributed by atoms with van der Waals surface area (Å²) >= 11 is 5.86. The lowest BCUT2D eigenvalue weighted by molar-refractivity contribution is 0.398. The number of benzene rings is 2. The molecule has 2 aromatic carbocycles. The Bertz CT molecular complexity index is 752. The van der Waals surface area contributed by atoms with Crippen molar-refractivity contribution >= 4 is 21.7 Å². The van der Waals surface area contributed by atoms with Crippen LogP contribution in [0.15, 0.2) is 47.4 Å².